The van der Waals surface area contributed by atoms with E-state index in [1.807, 2.05) is 49.4 Å². The minimum Gasteiger partial charge on any atom is -0.372 e. The van der Waals surface area contributed by atoms with Crippen molar-refractivity contribution < 1.29 is 4.79 Å². The van der Waals surface area contributed by atoms with Crippen LogP contribution in [0.5, 0.6) is 0 Å². The maximum absolute atomic E-state index is 12.2. The van der Waals surface area contributed by atoms with E-state index in [0.29, 0.717) is 16.3 Å². The Kier molecular flexibility index (Phi) is 6.38. The van der Waals surface area contributed by atoms with Crippen molar-refractivity contribution in [1.29, 1.82) is 0 Å². The molecule has 0 aliphatic heterocycles. The molecule has 126 valence electrons. The molecule has 0 unspecified atom stereocenters. The Bertz CT molecular complexity index is 722. The predicted molar refractivity (Wildman–Crippen MR) is 101 cm³/mol. The second kappa shape index (κ2) is 8.50. The van der Waals surface area contributed by atoms with Crippen molar-refractivity contribution in [2.24, 2.45) is 5.10 Å². The summed E-state index contributed by atoms with van der Waals surface area (Å²) in [4.78, 5) is 14.4. The number of hydrogen-bond acceptors (Lipinski definition) is 3. The molecule has 2 rings (SSSR count). The molecule has 2 aromatic carbocycles. The third-order valence-corrected chi connectivity index (χ3v) is 4.18. The van der Waals surface area contributed by atoms with Crippen molar-refractivity contribution in [2.75, 3.05) is 18.0 Å². The van der Waals surface area contributed by atoms with Gasteiger partial charge >= 0.3 is 0 Å². The Morgan fingerprint density at radius 3 is 2.29 bits per heavy atom. The van der Waals surface area contributed by atoms with Crippen LogP contribution in [0, 0.1) is 0 Å². The van der Waals surface area contributed by atoms with Gasteiger partial charge in [-0.15, -0.1) is 0 Å². The van der Waals surface area contributed by atoms with Crippen LogP contribution in [0.4, 0.5) is 5.69 Å². The summed E-state index contributed by atoms with van der Waals surface area (Å²) in [5, 5.41) is 4.75. The SMILES string of the molecule is CCN(CC)c1ccc(C(=O)N/N=C(/C)c2ccccc2Cl)cc1. The number of nitrogens with zero attached hydrogens (tertiary/aromatic N) is 2. The molecule has 0 fully saturated rings. The minimum absolute atomic E-state index is 0.243. The Labute approximate surface area is 148 Å². The van der Waals surface area contributed by atoms with Gasteiger partial charge < -0.3 is 4.90 Å². The standard InChI is InChI=1S/C19H22ClN3O/c1-4-23(5-2)16-12-10-15(11-13-16)19(24)22-21-14(3)17-8-6-7-9-18(17)20/h6-13H,4-5H2,1-3H3,(H,22,24)/b21-14-. The number of amides is 1. The van der Waals surface area contributed by atoms with Crippen LogP contribution in [-0.2, 0) is 0 Å². The van der Waals surface area contributed by atoms with Crippen LogP contribution >= 0.6 is 11.6 Å². The second-order valence-electron chi connectivity index (χ2n) is 5.34. The normalized spacial score (nSPS) is 11.2. The maximum Gasteiger partial charge on any atom is 0.271 e. The summed E-state index contributed by atoms with van der Waals surface area (Å²) in [5.41, 5.74) is 5.72. The van der Waals surface area contributed by atoms with E-state index in [2.05, 4.69) is 29.3 Å². The van der Waals surface area contributed by atoms with Crippen LogP contribution in [0.2, 0.25) is 5.02 Å². The number of rotatable bonds is 6. The molecular weight excluding hydrogens is 322 g/mol. The van der Waals surface area contributed by atoms with Gasteiger partial charge in [0.2, 0.25) is 0 Å². The Morgan fingerprint density at radius 1 is 1.08 bits per heavy atom. The fourth-order valence-corrected chi connectivity index (χ4v) is 2.70. The minimum atomic E-state index is -0.243. The Balaban J connectivity index is 2.07. The third kappa shape index (κ3) is 4.36. The topological polar surface area (TPSA) is 44.7 Å². The molecule has 0 heterocycles. The van der Waals surface area contributed by atoms with Gasteiger partial charge in [-0.3, -0.25) is 4.79 Å². The molecule has 0 aliphatic rings. The average Bonchev–Trinajstić information content (AvgIpc) is 2.61. The molecule has 1 N–H and O–H groups in total. The number of hydrogen-bond donors (Lipinski definition) is 1. The van der Waals surface area contributed by atoms with Crippen molar-refractivity contribution in [3.63, 3.8) is 0 Å². The highest BCUT2D eigenvalue weighted by Crippen LogP contribution is 2.16. The highest BCUT2D eigenvalue weighted by atomic mass is 35.5. The van der Waals surface area contributed by atoms with E-state index in [1.54, 1.807) is 6.07 Å². The van der Waals surface area contributed by atoms with E-state index in [0.717, 1.165) is 24.3 Å². The van der Waals surface area contributed by atoms with E-state index < -0.39 is 0 Å². The summed E-state index contributed by atoms with van der Waals surface area (Å²) in [6.45, 7) is 7.89. The smallest absolute Gasteiger partial charge is 0.271 e. The number of anilines is 1. The number of nitrogens with one attached hydrogen (secondary N) is 1. The lowest BCUT2D eigenvalue weighted by Gasteiger charge is -2.20. The van der Waals surface area contributed by atoms with Gasteiger partial charge in [0.1, 0.15) is 0 Å². The van der Waals surface area contributed by atoms with E-state index >= 15 is 0 Å². The second-order valence-corrected chi connectivity index (χ2v) is 5.74. The molecule has 0 bridgehead atoms. The van der Waals surface area contributed by atoms with E-state index in [9.17, 15) is 4.79 Å². The Morgan fingerprint density at radius 2 is 1.71 bits per heavy atom. The zero-order chi connectivity index (χ0) is 17.5. The van der Waals surface area contributed by atoms with Crippen LogP contribution in [-0.4, -0.2) is 24.7 Å². The number of carbonyl (C=O) groups is 1. The average molecular weight is 344 g/mol. The highest BCUT2D eigenvalue weighted by molar-refractivity contribution is 6.34. The summed E-state index contributed by atoms with van der Waals surface area (Å²) >= 11 is 6.13. The van der Waals surface area contributed by atoms with Crippen molar-refractivity contribution in [3.8, 4) is 0 Å². The van der Waals surface area contributed by atoms with Gasteiger partial charge in [0, 0.05) is 34.9 Å². The fourth-order valence-electron chi connectivity index (χ4n) is 2.43. The van der Waals surface area contributed by atoms with Crippen LogP contribution in [0.15, 0.2) is 53.6 Å². The van der Waals surface area contributed by atoms with Gasteiger partial charge in [-0.2, -0.15) is 5.10 Å². The summed E-state index contributed by atoms with van der Waals surface area (Å²) in [6, 6.07) is 14.9. The molecule has 5 heteroatoms. The van der Waals surface area contributed by atoms with Crippen molar-refractivity contribution in [3.05, 3.63) is 64.7 Å². The van der Waals surface area contributed by atoms with Gasteiger partial charge in [-0.1, -0.05) is 29.8 Å². The fraction of sp³-hybridized carbons (Fsp3) is 0.263. The van der Waals surface area contributed by atoms with E-state index in [1.165, 1.54) is 0 Å². The quantitative estimate of drug-likeness (QED) is 0.626. The van der Waals surface area contributed by atoms with Crippen LogP contribution in [0.25, 0.3) is 0 Å². The molecular formula is C19H22ClN3O. The highest BCUT2D eigenvalue weighted by Gasteiger charge is 2.08. The lowest BCUT2D eigenvalue weighted by atomic mass is 10.1. The lowest BCUT2D eigenvalue weighted by molar-refractivity contribution is 0.0955. The van der Waals surface area contributed by atoms with E-state index in [-0.39, 0.29) is 5.91 Å². The summed E-state index contributed by atoms with van der Waals surface area (Å²) in [7, 11) is 0. The molecule has 0 aliphatic carbocycles. The predicted octanol–water partition coefficient (Wildman–Crippen LogP) is 4.34. The molecule has 0 radical (unpaired) electrons. The zero-order valence-corrected chi connectivity index (χ0v) is 15.0. The van der Waals surface area contributed by atoms with Crippen LogP contribution in [0.3, 0.4) is 0 Å². The van der Waals surface area contributed by atoms with Crippen molar-refractivity contribution in [1.82, 2.24) is 5.43 Å². The molecule has 24 heavy (non-hydrogen) atoms. The van der Waals surface area contributed by atoms with Crippen molar-refractivity contribution in [2.45, 2.75) is 20.8 Å². The summed E-state index contributed by atoms with van der Waals surface area (Å²) in [6.07, 6.45) is 0. The first-order valence-electron chi connectivity index (χ1n) is 8.01. The summed E-state index contributed by atoms with van der Waals surface area (Å²) < 4.78 is 0. The molecule has 0 aromatic heterocycles. The number of hydrazone groups is 1. The van der Waals surface area contributed by atoms with Gasteiger partial charge in [-0.25, -0.2) is 5.43 Å². The van der Waals surface area contributed by atoms with Gasteiger partial charge in [0.15, 0.2) is 0 Å². The molecule has 0 spiro atoms. The van der Waals surface area contributed by atoms with Crippen LogP contribution in [0.1, 0.15) is 36.7 Å². The zero-order valence-electron chi connectivity index (χ0n) is 14.2. The molecule has 0 atom stereocenters. The van der Waals surface area contributed by atoms with Crippen molar-refractivity contribution >= 4 is 28.9 Å². The monoisotopic (exact) mass is 343 g/mol. The first kappa shape index (κ1) is 18.0. The molecule has 0 saturated carbocycles. The number of benzene rings is 2. The maximum atomic E-state index is 12.2. The van der Waals surface area contributed by atoms with Gasteiger partial charge in [0.05, 0.1) is 5.71 Å². The lowest BCUT2D eigenvalue weighted by Crippen LogP contribution is -2.22. The van der Waals surface area contributed by atoms with E-state index in [4.69, 9.17) is 11.6 Å². The first-order valence-corrected chi connectivity index (χ1v) is 8.39. The van der Waals surface area contributed by atoms with Gasteiger partial charge in [0.25, 0.3) is 5.91 Å². The molecule has 4 nitrogen and oxygen atoms in total. The largest absolute Gasteiger partial charge is 0.372 e. The van der Waals surface area contributed by atoms with Crippen LogP contribution < -0.4 is 10.3 Å². The summed E-state index contributed by atoms with van der Waals surface area (Å²) in [5.74, 6) is -0.243. The third-order valence-electron chi connectivity index (χ3n) is 3.85. The van der Waals surface area contributed by atoms with Gasteiger partial charge in [-0.05, 0) is 51.1 Å². The molecule has 1 amide bonds. The number of carbonyl (C=O) groups excluding carboxylic acids is 1. The Hall–Kier alpha value is -2.33. The molecule has 2 aromatic rings. The molecule has 0 saturated heterocycles. The first-order chi connectivity index (χ1) is 11.6. The number of halogens is 1.